The number of furan rings is 1. The Morgan fingerprint density at radius 2 is 1.95 bits per heavy atom. The van der Waals surface area contributed by atoms with Crippen LogP contribution in [0.25, 0.3) is 10.8 Å². The van der Waals surface area contributed by atoms with Gasteiger partial charge < -0.3 is 14.8 Å². The van der Waals surface area contributed by atoms with Crippen molar-refractivity contribution in [3.8, 4) is 0 Å². The minimum absolute atomic E-state index is 0.136. The Balaban J connectivity index is 1.69. The molecule has 1 atom stereocenters. The van der Waals surface area contributed by atoms with Crippen molar-refractivity contribution in [2.75, 3.05) is 6.54 Å². The minimum atomic E-state index is -0.760. The zero-order valence-electron chi connectivity index (χ0n) is 12.2. The molecule has 0 bridgehead atoms. The van der Waals surface area contributed by atoms with Crippen LogP contribution in [0.5, 0.6) is 0 Å². The first-order valence-corrected chi connectivity index (χ1v) is 7.14. The van der Waals surface area contributed by atoms with Crippen molar-refractivity contribution in [1.29, 1.82) is 0 Å². The number of hydrogen-bond donors (Lipinski definition) is 2. The van der Waals surface area contributed by atoms with Crippen LogP contribution in [-0.4, -0.2) is 17.6 Å². The third-order valence-corrected chi connectivity index (χ3v) is 3.68. The quantitative estimate of drug-likeness (QED) is 0.777. The second-order valence-corrected chi connectivity index (χ2v) is 5.27. The number of rotatable bonds is 4. The van der Waals surface area contributed by atoms with Gasteiger partial charge in [0.25, 0.3) is 5.91 Å². The fraction of sp³-hybridized carbons (Fsp3) is 0.167. The Morgan fingerprint density at radius 1 is 1.18 bits per heavy atom. The van der Waals surface area contributed by atoms with E-state index in [0.29, 0.717) is 0 Å². The Bertz CT molecular complexity index is 807. The van der Waals surface area contributed by atoms with Gasteiger partial charge in [0.1, 0.15) is 0 Å². The molecular formula is C18H17NO3. The van der Waals surface area contributed by atoms with Gasteiger partial charge in [0.05, 0.1) is 12.4 Å². The van der Waals surface area contributed by atoms with Crippen molar-refractivity contribution < 1.29 is 14.3 Å². The first kappa shape index (κ1) is 14.4. The van der Waals surface area contributed by atoms with E-state index in [4.69, 9.17) is 4.42 Å². The van der Waals surface area contributed by atoms with E-state index in [1.54, 1.807) is 13.0 Å². The maximum Gasteiger partial charge on any atom is 0.287 e. The molecule has 0 spiro atoms. The Kier molecular flexibility index (Phi) is 3.94. The molecule has 1 unspecified atom stereocenters. The van der Waals surface area contributed by atoms with Gasteiger partial charge in [-0.25, -0.2) is 0 Å². The second-order valence-electron chi connectivity index (χ2n) is 5.27. The van der Waals surface area contributed by atoms with Crippen molar-refractivity contribution in [2.24, 2.45) is 0 Å². The number of carbonyl (C=O) groups excluding carboxylic acids is 1. The maximum absolute atomic E-state index is 12.0. The topological polar surface area (TPSA) is 62.5 Å². The average molecular weight is 295 g/mol. The molecule has 2 N–H and O–H groups in total. The SMILES string of the molecule is Cc1ccoc1C(=O)NCC(O)c1ccc2ccccc2c1. The average Bonchev–Trinajstić information content (AvgIpc) is 2.98. The molecule has 1 aromatic heterocycles. The predicted molar refractivity (Wildman–Crippen MR) is 84.7 cm³/mol. The summed E-state index contributed by atoms with van der Waals surface area (Å²) in [6.45, 7) is 1.94. The number of aliphatic hydroxyl groups is 1. The molecule has 0 aliphatic rings. The zero-order valence-corrected chi connectivity index (χ0v) is 12.2. The first-order valence-electron chi connectivity index (χ1n) is 7.14. The van der Waals surface area contributed by atoms with Gasteiger partial charge in [0.15, 0.2) is 5.76 Å². The van der Waals surface area contributed by atoms with E-state index < -0.39 is 6.10 Å². The van der Waals surface area contributed by atoms with E-state index in [9.17, 15) is 9.90 Å². The van der Waals surface area contributed by atoms with Gasteiger partial charge in [0.2, 0.25) is 0 Å². The van der Waals surface area contributed by atoms with Crippen molar-refractivity contribution in [3.63, 3.8) is 0 Å². The van der Waals surface area contributed by atoms with Gasteiger partial charge >= 0.3 is 0 Å². The molecule has 2 aromatic carbocycles. The van der Waals surface area contributed by atoms with Crippen LogP contribution in [0.2, 0.25) is 0 Å². The molecule has 3 rings (SSSR count). The van der Waals surface area contributed by atoms with Gasteiger partial charge in [0, 0.05) is 12.1 Å². The summed E-state index contributed by atoms with van der Waals surface area (Å²) >= 11 is 0. The summed E-state index contributed by atoms with van der Waals surface area (Å²) < 4.78 is 5.13. The highest BCUT2D eigenvalue weighted by Crippen LogP contribution is 2.20. The molecule has 112 valence electrons. The second kappa shape index (κ2) is 6.03. The van der Waals surface area contributed by atoms with E-state index in [2.05, 4.69) is 5.32 Å². The van der Waals surface area contributed by atoms with Crippen molar-refractivity contribution in [1.82, 2.24) is 5.32 Å². The predicted octanol–water partition coefficient (Wildman–Crippen LogP) is 3.20. The van der Waals surface area contributed by atoms with Crippen LogP contribution in [0.3, 0.4) is 0 Å². The number of nitrogens with one attached hydrogen (secondary N) is 1. The molecule has 0 aliphatic heterocycles. The van der Waals surface area contributed by atoms with Gasteiger partial charge in [-0.1, -0.05) is 36.4 Å². The van der Waals surface area contributed by atoms with E-state index in [0.717, 1.165) is 21.9 Å². The smallest absolute Gasteiger partial charge is 0.287 e. The zero-order chi connectivity index (χ0) is 15.5. The van der Waals surface area contributed by atoms with Crippen molar-refractivity contribution in [2.45, 2.75) is 13.0 Å². The lowest BCUT2D eigenvalue weighted by molar-refractivity contribution is 0.0888. The van der Waals surface area contributed by atoms with E-state index in [1.165, 1.54) is 6.26 Å². The highest BCUT2D eigenvalue weighted by atomic mass is 16.3. The lowest BCUT2D eigenvalue weighted by atomic mass is 10.0. The maximum atomic E-state index is 12.0. The lowest BCUT2D eigenvalue weighted by Gasteiger charge is -2.12. The summed E-state index contributed by atoms with van der Waals surface area (Å²) in [6, 6.07) is 15.5. The summed E-state index contributed by atoms with van der Waals surface area (Å²) in [5, 5.41) is 15.1. The summed E-state index contributed by atoms with van der Waals surface area (Å²) in [6.07, 6.45) is 0.716. The Hall–Kier alpha value is -2.59. The number of aliphatic hydroxyl groups excluding tert-OH is 1. The summed E-state index contributed by atoms with van der Waals surface area (Å²) in [5.74, 6) is -0.0342. The molecule has 0 fully saturated rings. The monoisotopic (exact) mass is 295 g/mol. The summed E-state index contributed by atoms with van der Waals surface area (Å²) in [4.78, 5) is 12.0. The molecule has 0 aliphatic carbocycles. The van der Waals surface area contributed by atoms with Crippen LogP contribution in [0, 0.1) is 6.92 Å². The number of aryl methyl sites for hydroxylation is 1. The first-order chi connectivity index (χ1) is 10.6. The molecule has 0 saturated carbocycles. The standard InChI is InChI=1S/C18H17NO3/c1-12-8-9-22-17(12)18(21)19-11-16(20)15-7-6-13-4-2-3-5-14(13)10-15/h2-10,16,20H,11H2,1H3,(H,19,21). The molecule has 4 heteroatoms. The van der Waals surface area contributed by atoms with Gasteiger partial charge in [-0.2, -0.15) is 0 Å². The van der Waals surface area contributed by atoms with Crippen LogP contribution in [0.4, 0.5) is 0 Å². The number of hydrogen-bond acceptors (Lipinski definition) is 3. The van der Waals surface area contributed by atoms with Crippen molar-refractivity contribution in [3.05, 3.63) is 71.7 Å². The summed E-state index contributed by atoms with van der Waals surface area (Å²) in [5.41, 5.74) is 1.55. The fourth-order valence-electron chi connectivity index (χ4n) is 2.41. The number of amides is 1. The summed E-state index contributed by atoms with van der Waals surface area (Å²) in [7, 11) is 0. The molecule has 4 nitrogen and oxygen atoms in total. The van der Waals surface area contributed by atoms with E-state index in [-0.39, 0.29) is 18.2 Å². The number of carbonyl (C=O) groups is 1. The highest BCUT2D eigenvalue weighted by Gasteiger charge is 2.15. The van der Waals surface area contributed by atoms with Gasteiger partial charge in [-0.05, 0) is 35.4 Å². The molecule has 3 aromatic rings. The molecule has 0 radical (unpaired) electrons. The fourth-order valence-corrected chi connectivity index (χ4v) is 2.41. The largest absolute Gasteiger partial charge is 0.459 e. The van der Waals surface area contributed by atoms with Crippen molar-refractivity contribution >= 4 is 16.7 Å². The Labute approximate surface area is 128 Å². The van der Waals surface area contributed by atoms with Crippen LogP contribution >= 0.6 is 0 Å². The molecule has 22 heavy (non-hydrogen) atoms. The minimum Gasteiger partial charge on any atom is -0.459 e. The molecule has 1 heterocycles. The van der Waals surface area contributed by atoms with Gasteiger partial charge in [-0.3, -0.25) is 4.79 Å². The van der Waals surface area contributed by atoms with Crippen LogP contribution in [0.15, 0.2) is 59.2 Å². The third-order valence-electron chi connectivity index (χ3n) is 3.68. The van der Waals surface area contributed by atoms with Crippen LogP contribution in [-0.2, 0) is 0 Å². The highest BCUT2D eigenvalue weighted by molar-refractivity contribution is 5.92. The molecule has 0 saturated heterocycles. The normalized spacial score (nSPS) is 12.3. The third kappa shape index (κ3) is 2.87. The van der Waals surface area contributed by atoms with Gasteiger partial charge in [-0.15, -0.1) is 0 Å². The lowest BCUT2D eigenvalue weighted by Crippen LogP contribution is -2.28. The van der Waals surface area contributed by atoms with Crippen LogP contribution < -0.4 is 5.32 Å². The molecule has 1 amide bonds. The Morgan fingerprint density at radius 3 is 2.68 bits per heavy atom. The molecular weight excluding hydrogens is 278 g/mol. The number of benzene rings is 2. The van der Waals surface area contributed by atoms with Crippen LogP contribution in [0.1, 0.15) is 27.8 Å². The number of fused-ring (bicyclic) bond motifs is 1. The van der Waals surface area contributed by atoms with E-state index >= 15 is 0 Å². The van der Waals surface area contributed by atoms with E-state index in [1.807, 2.05) is 42.5 Å².